The van der Waals surface area contributed by atoms with Crippen LogP contribution < -0.4 is 0 Å². The number of benzene rings is 1. The number of aromatic nitrogens is 2. The van der Waals surface area contributed by atoms with Crippen molar-refractivity contribution in [2.75, 3.05) is 19.3 Å². The van der Waals surface area contributed by atoms with E-state index in [4.69, 9.17) is 11.6 Å². The third-order valence-electron chi connectivity index (χ3n) is 4.73. The number of sulfonamides is 1. The lowest BCUT2D eigenvalue weighted by atomic mass is 9.99. The zero-order valence-electron chi connectivity index (χ0n) is 11.2. The van der Waals surface area contributed by atoms with Crippen LogP contribution in [0, 0.1) is 11.8 Å². The first-order valence-electron chi connectivity index (χ1n) is 6.62. The normalized spacial score (nSPS) is 32.5. The maximum absolute atomic E-state index is 11.6. The van der Waals surface area contributed by atoms with E-state index in [1.807, 2.05) is 0 Å². The number of fused-ring (bicyclic) bond motifs is 2. The second-order valence-corrected chi connectivity index (χ2v) is 8.32. The number of aromatic amines is 1. The molecule has 2 aliphatic rings. The maximum atomic E-state index is 11.6. The lowest BCUT2D eigenvalue weighted by Crippen LogP contribution is -2.34. The highest BCUT2D eigenvalue weighted by Gasteiger charge is 2.70. The average Bonchev–Trinajstić information content (AvgIpc) is 2.83. The molecule has 112 valence electrons. The van der Waals surface area contributed by atoms with Crippen LogP contribution in [0.4, 0.5) is 0 Å². The van der Waals surface area contributed by atoms with Crippen molar-refractivity contribution in [1.29, 1.82) is 0 Å². The molecule has 4 rings (SSSR count). The van der Waals surface area contributed by atoms with Crippen LogP contribution in [0.3, 0.4) is 0 Å². The average molecular weight is 328 g/mol. The second-order valence-electron chi connectivity index (χ2n) is 5.90. The van der Waals surface area contributed by atoms with E-state index in [1.165, 1.54) is 10.6 Å². The summed E-state index contributed by atoms with van der Waals surface area (Å²) in [5.74, 6) is -0.160. The van der Waals surface area contributed by atoms with E-state index in [0.29, 0.717) is 18.1 Å². The number of H-pyrrole nitrogens is 1. The van der Waals surface area contributed by atoms with Crippen molar-refractivity contribution in [3.63, 3.8) is 0 Å². The quantitative estimate of drug-likeness (QED) is 0.859. The zero-order valence-corrected chi connectivity index (χ0v) is 12.8. The number of hydrogen-bond acceptors (Lipinski definition) is 4. The van der Waals surface area contributed by atoms with Crippen LogP contribution in [0.25, 0.3) is 10.9 Å². The fraction of sp³-hybridized carbons (Fsp3) is 0.462. The Labute approximate surface area is 126 Å². The van der Waals surface area contributed by atoms with Crippen molar-refractivity contribution in [3.8, 4) is 0 Å². The first-order valence-corrected chi connectivity index (χ1v) is 8.85. The van der Waals surface area contributed by atoms with Crippen molar-refractivity contribution >= 4 is 32.5 Å². The summed E-state index contributed by atoms with van der Waals surface area (Å²) in [5, 5.41) is 19.2. The highest BCUT2D eigenvalue weighted by Crippen LogP contribution is 2.63. The molecule has 0 amide bonds. The molecule has 1 aromatic carbocycles. The minimum Gasteiger partial charge on any atom is -0.384 e. The van der Waals surface area contributed by atoms with Crippen molar-refractivity contribution in [1.82, 2.24) is 14.5 Å². The molecule has 2 N–H and O–H groups in total. The number of nitrogens with one attached hydrogen (secondary N) is 1. The van der Waals surface area contributed by atoms with E-state index in [9.17, 15) is 13.5 Å². The number of rotatable bonds is 2. The van der Waals surface area contributed by atoms with E-state index < -0.39 is 15.6 Å². The van der Waals surface area contributed by atoms with Crippen LogP contribution in [0.5, 0.6) is 0 Å². The van der Waals surface area contributed by atoms with Crippen LogP contribution in [0.2, 0.25) is 5.02 Å². The number of halogens is 1. The van der Waals surface area contributed by atoms with Crippen LogP contribution >= 0.6 is 11.6 Å². The second kappa shape index (κ2) is 3.98. The summed E-state index contributed by atoms with van der Waals surface area (Å²) in [6.45, 7) is 0.706. The van der Waals surface area contributed by atoms with Crippen LogP contribution in [-0.2, 0) is 15.6 Å². The smallest absolute Gasteiger partial charge is 0.211 e. The predicted molar refractivity (Wildman–Crippen MR) is 78.4 cm³/mol. The third kappa shape index (κ3) is 1.78. The first kappa shape index (κ1) is 13.5. The van der Waals surface area contributed by atoms with Gasteiger partial charge in [-0.05, 0) is 17.7 Å². The lowest BCUT2D eigenvalue weighted by molar-refractivity contribution is 0.0993. The van der Waals surface area contributed by atoms with Gasteiger partial charge in [0.15, 0.2) is 0 Å². The molecule has 2 aromatic rings. The van der Waals surface area contributed by atoms with Gasteiger partial charge in [0.2, 0.25) is 10.0 Å². The van der Waals surface area contributed by atoms with Crippen LogP contribution in [-0.4, -0.2) is 47.4 Å². The lowest BCUT2D eigenvalue weighted by Gasteiger charge is -2.22. The van der Waals surface area contributed by atoms with Gasteiger partial charge < -0.3 is 5.11 Å². The van der Waals surface area contributed by atoms with Gasteiger partial charge in [-0.3, -0.25) is 5.10 Å². The van der Waals surface area contributed by atoms with Gasteiger partial charge in [-0.15, -0.1) is 0 Å². The minimum absolute atomic E-state index is 0.0798. The van der Waals surface area contributed by atoms with Crippen molar-refractivity contribution < 1.29 is 13.5 Å². The summed E-state index contributed by atoms with van der Waals surface area (Å²) in [6.07, 6.45) is 2.87. The Morgan fingerprint density at radius 2 is 2.10 bits per heavy atom. The molecule has 6 nitrogen and oxygen atoms in total. The molecule has 1 aliphatic heterocycles. The van der Waals surface area contributed by atoms with Crippen molar-refractivity contribution in [2.45, 2.75) is 5.60 Å². The highest BCUT2D eigenvalue weighted by atomic mass is 35.5. The van der Waals surface area contributed by atoms with E-state index in [-0.39, 0.29) is 11.8 Å². The highest BCUT2D eigenvalue weighted by molar-refractivity contribution is 7.88. The van der Waals surface area contributed by atoms with E-state index in [1.54, 1.807) is 18.3 Å². The zero-order chi connectivity index (χ0) is 15.0. The summed E-state index contributed by atoms with van der Waals surface area (Å²) in [4.78, 5) is 0. The summed E-state index contributed by atoms with van der Waals surface area (Å²) in [6, 6.07) is 3.51. The summed E-state index contributed by atoms with van der Waals surface area (Å²) in [7, 11) is -3.20. The van der Waals surface area contributed by atoms with Gasteiger partial charge in [-0.25, -0.2) is 12.7 Å². The van der Waals surface area contributed by atoms with Gasteiger partial charge in [-0.2, -0.15) is 5.10 Å². The number of aliphatic hydroxyl groups is 1. The summed E-state index contributed by atoms with van der Waals surface area (Å²) >= 11 is 6.11. The van der Waals surface area contributed by atoms with Crippen LogP contribution in [0.1, 0.15) is 5.56 Å². The van der Waals surface area contributed by atoms with Gasteiger partial charge in [0.25, 0.3) is 0 Å². The Morgan fingerprint density at radius 1 is 1.43 bits per heavy atom. The number of nitrogens with zero attached hydrogens (tertiary/aromatic N) is 2. The van der Waals surface area contributed by atoms with Crippen molar-refractivity contribution in [2.24, 2.45) is 11.8 Å². The van der Waals surface area contributed by atoms with E-state index in [2.05, 4.69) is 10.2 Å². The molecule has 0 spiro atoms. The minimum atomic E-state index is -3.20. The topological polar surface area (TPSA) is 86.3 Å². The first-order chi connectivity index (χ1) is 9.81. The van der Waals surface area contributed by atoms with Gasteiger partial charge in [0.05, 0.1) is 23.6 Å². The molecule has 1 saturated carbocycles. The van der Waals surface area contributed by atoms with Gasteiger partial charge in [-0.1, -0.05) is 11.6 Å². The number of hydrogen-bond donors (Lipinski definition) is 2. The Kier molecular flexibility index (Phi) is 2.56. The molecule has 0 radical (unpaired) electrons. The molecule has 0 bridgehead atoms. The van der Waals surface area contributed by atoms with E-state index in [0.717, 1.165) is 16.5 Å². The molecule has 1 unspecified atom stereocenters. The SMILES string of the molecule is CS(=O)(=O)N1C[C@@H]2[C@H](C1)C2(O)c1cc(Cl)cc2[nH]ncc12. The molecule has 21 heavy (non-hydrogen) atoms. The standard InChI is InChI=1S/C13H14ClN3O3S/c1-21(19,20)17-5-10-11(6-17)13(10,18)9-2-7(14)3-12-8(9)4-15-16-12/h2-4,10-11,18H,5-6H2,1H3,(H,15,16)/t10-,11+,13?. The third-order valence-corrected chi connectivity index (χ3v) is 6.19. The molecule has 2 heterocycles. The fourth-order valence-corrected chi connectivity index (χ4v) is 4.67. The monoisotopic (exact) mass is 327 g/mol. The Bertz CT molecular complexity index is 835. The molecule has 1 aromatic heterocycles. The molecule has 1 aliphatic carbocycles. The predicted octanol–water partition coefficient (Wildman–Crippen LogP) is 0.925. The van der Waals surface area contributed by atoms with Gasteiger partial charge >= 0.3 is 0 Å². The molecule has 1 saturated heterocycles. The van der Waals surface area contributed by atoms with Crippen molar-refractivity contribution in [3.05, 3.63) is 28.9 Å². The molecule has 8 heteroatoms. The molecular formula is C13H14ClN3O3S. The Hall–Kier alpha value is -1.15. The summed E-state index contributed by atoms with van der Waals surface area (Å²) < 4.78 is 24.6. The van der Waals surface area contributed by atoms with Gasteiger partial charge in [0, 0.05) is 35.3 Å². The maximum Gasteiger partial charge on any atom is 0.211 e. The Balaban J connectivity index is 1.74. The number of piperidine rings is 1. The molecule has 2 fully saturated rings. The Morgan fingerprint density at radius 3 is 2.71 bits per heavy atom. The molecular weight excluding hydrogens is 314 g/mol. The summed E-state index contributed by atoms with van der Waals surface area (Å²) in [5.41, 5.74) is 0.506. The molecule has 3 atom stereocenters. The van der Waals surface area contributed by atoms with Gasteiger partial charge in [0.1, 0.15) is 0 Å². The largest absolute Gasteiger partial charge is 0.384 e. The van der Waals surface area contributed by atoms with E-state index >= 15 is 0 Å². The fourth-order valence-electron chi connectivity index (χ4n) is 3.59. The van der Waals surface area contributed by atoms with Crippen LogP contribution in [0.15, 0.2) is 18.3 Å².